The smallest absolute Gasteiger partial charge is 0.265 e. The molecule has 0 bridgehead atoms. The van der Waals surface area contributed by atoms with Crippen LogP contribution >= 0.6 is 11.6 Å². The van der Waals surface area contributed by atoms with E-state index in [1.165, 1.54) is 0 Å². The SMILES string of the molecule is C[C@H](Oc1ccc(Cl)cc1)C(=O)Nc1ccccc1C(C)(C)C. The normalized spacial score (nSPS) is 12.6. The minimum Gasteiger partial charge on any atom is -0.481 e. The van der Waals surface area contributed by atoms with Gasteiger partial charge in [0.2, 0.25) is 0 Å². The van der Waals surface area contributed by atoms with Crippen LogP contribution in [0.5, 0.6) is 5.75 Å². The molecule has 0 aromatic heterocycles. The highest BCUT2D eigenvalue weighted by atomic mass is 35.5. The van der Waals surface area contributed by atoms with Crippen molar-refractivity contribution in [2.75, 3.05) is 5.32 Å². The number of rotatable bonds is 4. The summed E-state index contributed by atoms with van der Waals surface area (Å²) in [5, 5.41) is 3.59. The fourth-order valence-electron chi connectivity index (χ4n) is 2.25. The van der Waals surface area contributed by atoms with Gasteiger partial charge < -0.3 is 10.1 Å². The Morgan fingerprint density at radius 2 is 1.70 bits per heavy atom. The molecule has 0 radical (unpaired) electrons. The van der Waals surface area contributed by atoms with E-state index in [9.17, 15) is 4.79 Å². The first-order valence-corrected chi connectivity index (χ1v) is 7.98. The molecule has 3 nitrogen and oxygen atoms in total. The maximum absolute atomic E-state index is 12.4. The van der Waals surface area contributed by atoms with Crippen LogP contribution in [-0.2, 0) is 10.2 Å². The van der Waals surface area contributed by atoms with Crippen molar-refractivity contribution in [3.05, 3.63) is 59.1 Å². The van der Waals surface area contributed by atoms with E-state index in [1.54, 1.807) is 31.2 Å². The van der Waals surface area contributed by atoms with Gasteiger partial charge >= 0.3 is 0 Å². The summed E-state index contributed by atoms with van der Waals surface area (Å²) in [5.41, 5.74) is 1.85. The van der Waals surface area contributed by atoms with Crippen molar-refractivity contribution in [1.82, 2.24) is 0 Å². The average Bonchev–Trinajstić information content (AvgIpc) is 2.49. The number of halogens is 1. The Morgan fingerprint density at radius 1 is 1.09 bits per heavy atom. The molecular formula is C19H22ClNO2. The van der Waals surface area contributed by atoms with Crippen molar-refractivity contribution in [1.29, 1.82) is 0 Å². The second-order valence-electron chi connectivity index (χ2n) is 6.50. The number of carbonyl (C=O) groups excluding carboxylic acids is 1. The molecule has 0 saturated heterocycles. The van der Waals surface area contributed by atoms with Crippen molar-refractivity contribution < 1.29 is 9.53 Å². The average molecular weight is 332 g/mol. The van der Waals surface area contributed by atoms with Gasteiger partial charge in [-0.2, -0.15) is 0 Å². The van der Waals surface area contributed by atoms with Gasteiger partial charge in [-0.1, -0.05) is 50.6 Å². The van der Waals surface area contributed by atoms with Crippen LogP contribution < -0.4 is 10.1 Å². The van der Waals surface area contributed by atoms with Crippen molar-refractivity contribution in [3.63, 3.8) is 0 Å². The molecule has 0 aliphatic rings. The molecule has 2 aromatic carbocycles. The van der Waals surface area contributed by atoms with E-state index in [4.69, 9.17) is 16.3 Å². The molecule has 0 aliphatic heterocycles. The zero-order valence-electron chi connectivity index (χ0n) is 13.9. The third-order valence-electron chi connectivity index (χ3n) is 3.49. The fourth-order valence-corrected chi connectivity index (χ4v) is 2.38. The summed E-state index contributed by atoms with van der Waals surface area (Å²) >= 11 is 5.84. The lowest BCUT2D eigenvalue weighted by atomic mass is 9.86. The van der Waals surface area contributed by atoms with Crippen LogP contribution in [0.25, 0.3) is 0 Å². The van der Waals surface area contributed by atoms with E-state index in [0.29, 0.717) is 10.8 Å². The summed E-state index contributed by atoms with van der Waals surface area (Å²) in [7, 11) is 0. The van der Waals surface area contributed by atoms with Gasteiger partial charge in [0.05, 0.1) is 0 Å². The van der Waals surface area contributed by atoms with Crippen molar-refractivity contribution >= 4 is 23.2 Å². The number of amides is 1. The first kappa shape index (κ1) is 17.4. The summed E-state index contributed by atoms with van der Waals surface area (Å²) in [6.45, 7) is 8.08. The summed E-state index contributed by atoms with van der Waals surface area (Å²) in [5.74, 6) is 0.429. The van der Waals surface area contributed by atoms with E-state index in [-0.39, 0.29) is 11.3 Å². The second kappa shape index (κ2) is 7.05. The van der Waals surface area contributed by atoms with E-state index in [1.807, 2.05) is 24.3 Å². The third-order valence-corrected chi connectivity index (χ3v) is 3.74. The van der Waals surface area contributed by atoms with Gasteiger partial charge in [0.1, 0.15) is 5.75 Å². The first-order chi connectivity index (χ1) is 10.8. The molecule has 0 aliphatic carbocycles. The summed E-state index contributed by atoms with van der Waals surface area (Å²) in [6.07, 6.45) is -0.607. The van der Waals surface area contributed by atoms with E-state index >= 15 is 0 Å². The van der Waals surface area contributed by atoms with Crippen LogP contribution in [-0.4, -0.2) is 12.0 Å². The monoisotopic (exact) mass is 331 g/mol. The highest BCUT2D eigenvalue weighted by Gasteiger charge is 2.21. The number of benzene rings is 2. The maximum Gasteiger partial charge on any atom is 0.265 e. The van der Waals surface area contributed by atoms with Gasteiger partial charge in [0.25, 0.3) is 5.91 Å². The number of ether oxygens (including phenoxy) is 1. The molecule has 0 spiro atoms. The number of anilines is 1. The molecule has 4 heteroatoms. The van der Waals surface area contributed by atoms with E-state index < -0.39 is 6.10 Å². The van der Waals surface area contributed by atoms with Crippen LogP contribution in [0.15, 0.2) is 48.5 Å². The van der Waals surface area contributed by atoms with Crippen LogP contribution in [0.2, 0.25) is 5.02 Å². The second-order valence-corrected chi connectivity index (χ2v) is 6.94. The lowest BCUT2D eigenvalue weighted by molar-refractivity contribution is -0.122. The Hall–Kier alpha value is -2.00. The zero-order chi connectivity index (χ0) is 17.0. The summed E-state index contributed by atoms with van der Waals surface area (Å²) in [4.78, 5) is 12.4. The van der Waals surface area contributed by atoms with Gasteiger partial charge in [0, 0.05) is 10.7 Å². The van der Waals surface area contributed by atoms with Crippen molar-refractivity contribution in [3.8, 4) is 5.75 Å². The first-order valence-electron chi connectivity index (χ1n) is 7.60. The molecule has 0 unspecified atom stereocenters. The Morgan fingerprint density at radius 3 is 2.30 bits per heavy atom. The molecule has 122 valence electrons. The number of hydrogen-bond donors (Lipinski definition) is 1. The van der Waals surface area contributed by atoms with Crippen LogP contribution in [0.1, 0.15) is 33.3 Å². The fraction of sp³-hybridized carbons (Fsp3) is 0.316. The van der Waals surface area contributed by atoms with Gasteiger partial charge in [0.15, 0.2) is 6.10 Å². The van der Waals surface area contributed by atoms with Gasteiger partial charge in [-0.25, -0.2) is 0 Å². The largest absolute Gasteiger partial charge is 0.481 e. The lowest BCUT2D eigenvalue weighted by Crippen LogP contribution is -2.31. The third kappa shape index (κ3) is 4.73. The number of nitrogens with one attached hydrogen (secondary N) is 1. The quantitative estimate of drug-likeness (QED) is 0.852. The molecule has 1 atom stereocenters. The molecule has 0 fully saturated rings. The van der Waals surface area contributed by atoms with Crippen molar-refractivity contribution in [2.45, 2.75) is 39.2 Å². The molecule has 0 saturated carbocycles. The van der Waals surface area contributed by atoms with Crippen molar-refractivity contribution in [2.24, 2.45) is 0 Å². The lowest BCUT2D eigenvalue weighted by Gasteiger charge is -2.24. The van der Waals surface area contributed by atoms with E-state index in [2.05, 4.69) is 26.1 Å². The van der Waals surface area contributed by atoms with Crippen LogP contribution in [0.3, 0.4) is 0 Å². The molecule has 1 amide bonds. The molecule has 2 rings (SSSR count). The Bertz CT molecular complexity index is 675. The summed E-state index contributed by atoms with van der Waals surface area (Å²) < 4.78 is 5.66. The minimum atomic E-state index is -0.607. The molecule has 1 N–H and O–H groups in total. The maximum atomic E-state index is 12.4. The van der Waals surface area contributed by atoms with Crippen LogP contribution in [0.4, 0.5) is 5.69 Å². The molecular weight excluding hydrogens is 310 g/mol. The topological polar surface area (TPSA) is 38.3 Å². The number of hydrogen-bond acceptors (Lipinski definition) is 2. The number of para-hydroxylation sites is 1. The minimum absolute atomic E-state index is 0.0514. The van der Waals surface area contributed by atoms with Gasteiger partial charge in [-0.3, -0.25) is 4.79 Å². The molecule has 23 heavy (non-hydrogen) atoms. The van der Waals surface area contributed by atoms with Gasteiger partial charge in [-0.15, -0.1) is 0 Å². The highest BCUT2D eigenvalue weighted by molar-refractivity contribution is 6.30. The standard InChI is InChI=1S/C19H22ClNO2/c1-13(23-15-11-9-14(20)10-12-15)18(22)21-17-8-6-5-7-16(17)19(2,3)4/h5-13H,1-4H3,(H,21,22)/t13-/m0/s1. The predicted octanol–water partition coefficient (Wildman–Crippen LogP) is 5.04. The highest BCUT2D eigenvalue weighted by Crippen LogP contribution is 2.29. The van der Waals surface area contributed by atoms with Crippen LogP contribution in [0, 0.1) is 0 Å². The summed E-state index contributed by atoms with van der Waals surface area (Å²) in [6, 6.07) is 14.8. The van der Waals surface area contributed by atoms with E-state index in [0.717, 1.165) is 11.3 Å². The molecule has 2 aromatic rings. The Labute approximate surface area is 142 Å². The zero-order valence-corrected chi connectivity index (χ0v) is 14.6. The van der Waals surface area contributed by atoms with Gasteiger partial charge in [-0.05, 0) is 48.2 Å². The Balaban J connectivity index is 2.08. The Kier molecular flexibility index (Phi) is 5.32. The predicted molar refractivity (Wildman–Crippen MR) is 95.3 cm³/mol. The number of carbonyl (C=O) groups is 1. The molecule has 0 heterocycles.